The van der Waals surface area contributed by atoms with Gasteiger partial charge in [0.05, 0.1) is 5.56 Å². The van der Waals surface area contributed by atoms with Crippen LogP contribution in [-0.2, 0) is 9.53 Å². The molecule has 0 aliphatic heterocycles. The van der Waals surface area contributed by atoms with Crippen LogP contribution in [0.1, 0.15) is 15.9 Å². The number of hydrogen-bond acceptors (Lipinski definition) is 4. The summed E-state index contributed by atoms with van der Waals surface area (Å²) < 4.78 is 17.6. The fourth-order valence-electron chi connectivity index (χ4n) is 1.59. The molecule has 2 rings (SSSR count). The minimum Gasteiger partial charge on any atom is -0.452 e. The van der Waals surface area contributed by atoms with E-state index in [9.17, 15) is 14.0 Å². The number of aryl methyl sites for hydroxylation is 1. The molecule has 108 valence electrons. The van der Waals surface area contributed by atoms with Crippen molar-refractivity contribution >= 4 is 17.7 Å². The molecule has 6 heteroatoms. The van der Waals surface area contributed by atoms with Crippen LogP contribution in [0.3, 0.4) is 0 Å². The van der Waals surface area contributed by atoms with Gasteiger partial charge in [0.25, 0.3) is 5.91 Å². The molecule has 1 heterocycles. The van der Waals surface area contributed by atoms with Gasteiger partial charge in [-0.15, -0.1) is 0 Å². The number of benzene rings is 1. The number of carbonyl (C=O) groups excluding carboxylic acids is 2. The monoisotopic (exact) mass is 288 g/mol. The van der Waals surface area contributed by atoms with E-state index in [1.165, 1.54) is 12.1 Å². The number of hydrogen-bond donors (Lipinski definition) is 1. The van der Waals surface area contributed by atoms with Crippen molar-refractivity contribution < 1.29 is 18.7 Å². The van der Waals surface area contributed by atoms with Crippen LogP contribution in [0.25, 0.3) is 0 Å². The standard InChI is InChI=1S/C15H13FN2O3/c1-10-3-2-8-17-14(10)18-13(19)9-21-15(20)11-4-6-12(16)7-5-11/h2-8H,9H2,1H3,(H,17,18,19). The van der Waals surface area contributed by atoms with Crippen molar-refractivity contribution in [1.82, 2.24) is 4.98 Å². The third-order valence-electron chi connectivity index (χ3n) is 2.68. The Kier molecular flexibility index (Phi) is 4.61. The van der Waals surface area contributed by atoms with Gasteiger partial charge in [-0.25, -0.2) is 14.2 Å². The Bertz CT molecular complexity index is 656. The zero-order valence-corrected chi connectivity index (χ0v) is 11.3. The molecule has 0 saturated carbocycles. The Morgan fingerprint density at radius 2 is 1.95 bits per heavy atom. The van der Waals surface area contributed by atoms with Crippen LogP contribution in [0.4, 0.5) is 10.2 Å². The van der Waals surface area contributed by atoms with E-state index in [0.29, 0.717) is 5.82 Å². The fourth-order valence-corrected chi connectivity index (χ4v) is 1.59. The molecule has 0 spiro atoms. The van der Waals surface area contributed by atoms with E-state index >= 15 is 0 Å². The van der Waals surface area contributed by atoms with Gasteiger partial charge in [-0.2, -0.15) is 0 Å². The number of pyridine rings is 1. The Labute approximate surface area is 120 Å². The Balaban J connectivity index is 1.88. The van der Waals surface area contributed by atoms with Crippen LogP contribution < -0.4 is 5.32 Å². The van der Waals surface area contributed by atoms with E-state index in [-0.39, 0.29) is 5.56 Å². The van der Waals surface area contributed by atoms with E-state index in [0.717, 1.165) is 17.7 Å². The summed E-state index contributed by atoms with van der Waals surface area (Å²) in [5.41, 5.74) is 0.980. The lowest BCUT2D eigenvalue weighted by molar-refractivity contribution is -0.119. The lowest BCUT2D eigenvalue weighted by Gasteiger charge is -2.07. The fraction of sp³-hybridized carbons (Fsp3) is 0.133. The number of esters is 1. The molecule has 21 heavy (non-hydrogen) atoms. The minimum absolute atomic E-state index is 0.179. The van der Waals surface area contributed by atoms with Crippen LogP contribution in [-0.4, -0.2) is 23.5 Å². The van der Waals surface area contributed by atoms with Gasteiger partial charge in [0.2, 0.25) is 0 Å². The molecule has 1 N–H and O–H groups in total. The first-order chi connectivity index (χ1) is 10.1. The quantitative estimate of drug-likeness (QED) is 0.877. The third kappa shape index (κ3) is 4.10. The molecule has 0 bridgehead atoms. The summed E-state index contributed by atoms with van der Waals surface area (Å²) in [7, 11) is 0. The van der Waals surface area contributed by atoms with Crippen molar-refractivity contribution in [3.63, 3.8) is 0 Å². The number of rotatable bonds is 4. The van der Waals surface area contributed by atoms with Crippen molar-refractivity contribution in [2.24, 2.45) is 0 Å². The van der Waals surface area contributed by atoms with Gasteiger partial charge in [-0.1, -0.05) is 6.07 Å². The Hall–Kier alpha value is -2.76. The van der Waals surface area contributed by atoms with Gasteiger partial charge >= 0.3 is 5.97 Å². The van der Waals surface area contributed by atoms with Gasteiger partial charge in [0.15, 0.2) is 6.61 Å². The first-order valence-corrected chi connectivity index (χ1v) is 6.20. The number of carbonyl (C=O) groups is 2. The summed E-state index contributed by atoms with van der Waals surface area (Å²) in [5, 5.41) is 2.54. The zero-order chi connectivity index (χ0) is 15.2. The highest BCUT2D eigenvalue weighted by Gasteiger charge is 2.11. The second-order valence-corrected chi connectivity index (χ2v) is 4.30. The number of amides is 1. The molecule has 1 aromatic heterocycles. The lowest BCUT2D eigenvalue weighted by Crippen LogP contribution is -2.21. The average Bonchev–Trinajstić information content (AvgIpc) is 2.48. The maximum atomic E-state index is 12.7. The zero-order valence-electron chi connectivity index (χ0n) is 11.3. The van der Waals surface area contributed by atoms with Crippen LogP contribution in [0.15, 0.2) is 42.6 Å². The molecule has 2 aromatic rings. The molecule has 0 unspecified atom stereocenters. The Morgan fingerprint density at radius 1 is 1.24 bits per heavy atom. The van der Waals surface area contributed by atoms with Gasteiger partial charge in [0.1, 0.15) is 11.6 Å². The van der Waals surface area contributed by atoms with E-state index in [4.69, 9.17) is 4.74 Å². The maximum absolute atomic E-state index is 12.7. The first kappa shape index (κ1) is 14.6. The predicted octanol–water partition coefficient (Wildman–Crippen LogP) is 2.32. The number of halogens is 1. The van der Waals surface area contributed by atoms with Crippen LogP contribution in [0.2, 0.25) is 0 Å². The van der Waals surface area contributed by atoms with Crippen molar-refractivity contribution in [3.8, 4) is 0 Å². The molecule has 1 amide bonds. The summed E-state index contributed by atoms with van der Waals surface area (Å²) in [6.45, 7) is 1.36. The molecular weight excluding hydrogens is 275 g/mol. The van der Waals surface area contributed by atoms with E-state index in [1.54, 1.807) is 25.3 Å². The second-order valence-electron chi connectivity index (χ2n) is 4.30. The van der Waals surface area contributed by atoms with Crippen LogP contribution >= 0.6 is 0 Å². The topological polar surface area (TPSA) is 68.3 Å². The molecule has 0 radical (unpaired) electrons. The summed E-state index contributed by atoms with van der Waals surface area (Å²) in [6.07, 6.45) is 1.55. The largest absolute Gasteiger partial charge is 0.452 e. The number of nitrogens with one attached hydrogen (secondary N) is 1. The number of nitrogens with zero attached hydrogens (tertiary/aromatic N) is 1. The molecule has 0 saturated heterocycles. The van der Waals surface area contributed by atoms with Gasteiger partial charge < -0.3 is 10.1 Å². The Morgan fingerprint density at radius 3 is 2.62 bits per heavy atom. The molecule has 0 aliphatic rings. The lowest BCUT2D eigenvalue weighted by atomic mass is 10.2. The summed E-state index contributed by atoms with van der Waals surface area (Å²) in [6, 6.07) is 8.42. The second kappa shape index (κ2) is 6.60. The average molecular weight is 288 g/mol. The van der Waals surface area contributed by atoms with E-state index < -0.39 is 24.3 Å². The van der Waals surface area contributed by atoms with Crippen molar-refractivity contribution in [2.45, 2.75) is 6.92 Å². The molecule has 5 nitrogen and oxygen atoms in total. The highest BCUT2D eigenvalue weighted by atomic mass is 19.1. The molecule has 0 fully saturated rings. The van der Waals surface area contributed by atoms with Gasteiger partial charge in [-0.05, 0) is 42.8 Å². The van der Waals surface area contributed by atoms with Crippen LogP contribution in [0, 0.1) is 12.7 Å². The van der Waals surface area contributed by atoms with E-state index in [2.05, 4.69) is 10.3 Å². The molecule has 0 atom stereocenters. The molecule has 0 aliphatic carbocycles. The summed E-state index contributed by atoms with van der Waals surface area (Å²) >= 11 is 0. The number of aromatic nitrogens is 1. The maximum Gasteiger partial charge on any atom is 0.338 e. The highest BCUT2D eigenvalue weighted by Crippen LogP contribution is 2.09. The van der Waals surface area contributed by atoms with Crippen molar-refractivity contribution in [2.75, 3.05) is 11.9 Å². The van der Waals surface area contributed by atoms with Crippen LogP contribution in [0.5, 0.6) is 0 Å². The predicted molar refractivity (Wildman–Crippen MR) is 74.3 cm³/mol. The minimum atomic E-state index is -0.692. The number of ether oxygens (including phenoxy) is 1. The van der Waals surface area contributed by atoms with Gasteiger partial charge in [-0.3, -0.25) is 4.79 Å². The van der Waals surface area contributed by atoms with Gasteiger partial charge in [0, 0.05) is 6.20 Å². The highest BCUT2D eigenvalue weighted by molar-refractivity contribution is 5.95. The smallest absolute Gasteiger partial charge is 0.338 e. The number of anilines is 1. The summed E-state index contributed by atoms with van der Waals surface area (Å²) in [5.74, 6) is -1.22. The molecule has 1 aromatic carbocycles. The van der Waals surface area contributed by atoms with E-state index in [1.807, 2.05) is 0 Å². The SMILES string of the molecule is Cc1cccnc1NC(=O)COC(=O)c1ccc(F)cc1. The van der Waals surface area contributed by atoms with Crippen molar-refractivity contribution in [1.29, 1.82) is 0 Å². The first-order valence-electron chi connectivity index (χ1n) is 6.20. The normalized spacial score (nSPS) is 10.0. The van der Waals surface area contributed by atoms with Crippen molar-refractivity contribution in [3.05, 3.63) is 59.5 Å². The third-order valence-corrected chi connectivity index (χ3v) is 2.68. The molecular formula is C15H13FN2O3. The summed E-state index contributed by atoms with van der Waals surface area (Å²) in [4.78, 5) is 27.3.